The van der Waals surface area contributed by atoms with Crippen molar-refractivity contribution in [1.29, 1.82) is 5.26 Å². The predicted octanol–water partition coefficient (Wildman–Crippen LogP) is 1.31. The molecule has 0 bridgehead atoms. The number of nitrogens with zero attached hydrogens (tertiary/aromatic N) is 5. The summed E-state index contributed by atoms with van der Waals surface area (Å²) in [6, 6.07) is 7.26. The van der Waals surface area contributed by atoms with Crippen LogP contribution in [0.5, 0.6) is 0 Å². The molecule has 0 atom stereocenters. The first kappa shape index (κ1) is 22.5. The van der Waals surface area contributed by atoms with E-state index in [4.69, 9.17) is 4.74 Å². The molecule has 1 fully saturated rings. The van der Waals surface area contributed by atoms with Crippen molar-refractivity contribution in [1.82, 2.24) is 19.9 Å². The number of morpholine rings is 1. The Labute approximate surface area is 191 Å². The number of pyridine rings is 2. The second kappa shape index (κ2) is 9.05. The molecule has 172 valence electrons. The first-order valence-corrected chi connectivity index (χ1v) is 12.0. The summed E-state index contributed by atoms with van der Waals surface area (Å²) in [7, 11) is -2.07. The van der Waals surface area contributed by atoms with E-state index < -0.39 is 10.0 Å². The van der Waals surface area contributed by atoms with E-state index in [0.29, 0.717) is 59.8 Å². The zero-order valence-corrected chi connectivity index (χ0v) is 19.0. The normalized spacial score (nSPS) is 14.2. The summed E-state index contributed by atoms with van der Waals surface area (Å²) in [6.45, 7) is 2.20. The van der Waals surface area contributed by atoms with E-state index in [9.17, 15) is 18.5 Å². The zero-order valence-electron chi connectivity index (χ0n) is 18.2. The lowest BCUT2D eigenvalue weighted by Crippen LogP contribution is -2.40. The van der Waals surface area contributed by atoms with Gasteiger partial charge in [0.2, 0.25) is 10.0 Å². The fraction of sp³-hybridized carbons (Fsp3) is 0.333. The van der Waals surface area contributed by atoms with E-state index in [1.807, 2.05) is 0 Å². The Kier molecular flexibility index (Phi) is 6.17. The van der Waals surface area contributed by atoms with Crippen LogP contribution in [-0.2, 0) is 21.3 Å². The summed E-state index contributed by atoms with van der Waals surface area (Å²) in [5.74, 6) is 0.124. The van der Waals surface area contributed by atoms with Crippen LogP contribution in [0.4, 0.5) is 11.5 Å². The standard InChI is InChI=1S/C21H23N7O4S/c1-27(33(2,30)31)20-14(4-3-5-23-20)12-24-18-15(11-22)13-25-19-16(18)10-17(26-19)21(29)28-6-8-32-9-7-28/h3-5,10,13H,6-9,12H2,1-2H3,(H2,24,25,26). The summed E-state index contributed by atoms with van der Waals surface area (Å²) < 4.78 is 30.4. The van der Waals surface area contributed by atoms with Crippen LogP contribution in [0, 0.1) is 11.3 Å². The van der Waals surface area contributed by atoms with Gasteiger partial charge in [0.25, 0.3) is 5.91 Å². The molecule has 3 aromatic heterocycles. The van der Waals surface area contributed by atoms with Crippen LogP contribution >= 0.6 is 0 Å². The minimum atomic E-state index is -3.50. The minimum Gasteiger partial charge on any atom is -0.379 e. The third-order valence-corrected chi connectivity index (χ3v) is 6.59. The van der Waals surface area contributed by atoms with E-state index in [-0.39, 0.29) is 18.3 Å². The first-order chi connectivity index (χ1) is 15.8. The third kappa shape index (κ3) is 4.59. The van der Waals surface area contributed by atoms with Gasteiger partial charge in [-0.3, -0.25) is 9.10 Å². The van der Waals surface area contributed by atoms with Gasteiger partial charge in [-0.05, 0) is 12.1 Å². The van der Waals surface area contributed by atoms with Crippen LogP contribution in [0.3, 0.4) is 0 Å². The number of aromatic amines is 1. The van der Waals surface area contributed by atoms with Gasteiger partial charge in [-0.25, -0.2) is 18.4 Å². The van der Waals surface area contributed by atoms with Crippen LogP contribution in [0.25, 0.3) is 11.0 Å². The molecule has 4 heterocycles. The van der Waals surface area contributed by atoms with Gasteiger partial charge < -0.3 is 19.9 Å². The van der Waals surface area contributed by atoms with Crippen LogP contribution in [0.1, 0.15) is 21.6 Å². The molecule has 11 nitrogen and oxygen atoms in total. The Hall–Kier alpha value is -3.69. The van der Waals surface area contributed by atoms with Crippen LogP contribution in [0.2, 0.25) is 0 Å². The Morgan fingerprint density at radius 2 is 2.12 bits per heavy atom. The summed E-state index contributed by atoms with van der Waals surface area (Å²) in [5.41, 5.74) is 2.26. The Morgan fingerprint density at radius 3 is 2.82 bits per heavy atom. The van der Waals surface area contributed by atoms with Gasteiger partial charge in [0.05, 0.1) is 30.7 Å². The molecule has 12 heteroatoms. The molecule has 33 heavy (non-hydrogen) atoms. The number of sulfonamides is 1. The number of carbonyl (C=O) groups excluding carboxylic acids is 1. The molecule has 0 aromatic carbocycles. The quantitative estimate of drug-likeness (QED) is 0.550. The number of rotatable bonds is 6. The fourth-order valence-corrected chi connectivity index (χ4v) is 4.07. The van der Waals surface area contributed by atoms with Gasteiger partial charge in [0.1, 0.15) is 23.2 Å². The number of amides is 1. The van der Waals surface area contributed by atoms with Gasteiger partial charge in [0, 0.05) is 50.0 Å². The number of fused-ring (bicyclic) bond motifs is 1. The van der Waals surface area contributed by atoms with E-state index >= 15 is 0 Å². The first-order valence-electron chi connectivity index (χ1n) is 10.2. The molecule has 1 saturated heterocycles. The molecule has 3 aromatic rings. The predicted molar refractivity (Wildman–Crippen MR) is 122 cm³/mol. The van der Waals surface area contributed by atoms with E-state index in [2.05, 4.69) is 26.3 Å². The summed E-state index contributed by atoms with van der Waals surface area (Å²) in [5, 5.41) is 13.4. The molecule has 0 unspecified atom stereocenters. The number of carbonyl (C=O) groups is 1. The Bertz CT molecular complexity index is 1340. The number of ether oxygens (including phenoxy) is 1. The monoisotopic (exact) mass is 469 g/mol. The molecule has 0 radical (unpaired) electrons. The largest absolute Gasteiger partial charge is 0.379 e. The third-order valence-electron chi connectivity index (χ3n) is 5.43. The smallest absolute Gasteiger partial charge is 0.270 e. The zero-order chi connectivity index (χ0) is 23.6. The molecule has 1 aliphatic heterocycles. The number of nitriles is 1. The molecular formula is C21H23N7O4S. The lowest BCUT2D eigenvalue weighted by Gasteiger charge is -2.26. The van der Waals surface area contributed by atoms with Crippen molar-refractivity contribution >= 4 is 38.5 Å². The lowest BCUT2D eigenvalue weighted by molar-refractivity contribution is 0.0299. The minimum absolute atomic E-state index is 0.162. The number of aromatic nitrogens is 3. The van der Waals surface area contributed by atoms with Crippen molar-refractivity contribution in [2.75, 3.05) is 49.2 Å². The Morgan fingerprint density at radius 1 is 1.36 bits per heavy atom. The molecule has 0 saturated carbocycles. The maximum Gasteiger partial charge on any atom is 0.270 e. The highest BCUT2D eigenvalue weighted by atomic mass is 32.2. The highest BCUT2D eigenvalue weighted by Crippen LogP contribution is 2.28. The lowest BCUT2D eigenvalue weighted by atomic mass is 10.1. The SMILES string of the molecule is CN(c1ncccc1CNc1c(C#N)cnc2[nH]c(C(=O)N3CCOCC3)cc12)S(C)(=O)=O. The van der Waals surface area contributed by atoms with Crippen molar-refractivity contribution < 1.29 is 17.9 Å². The molecule has 0 aliphatic carbocycles. The molecule has 1 aliphatic rings. The summed E-state index contributed by atoms with van der Waals surface area (Å²) >= 11 is 0. The number of hydrogen-bond donors (Lipinski definition) is 2. The van der Waals surface area contributed by atoms with Gasteiger partial charge in [-0.2, -0.15) is 5.26 Å². The van der Waals surface area contributed by atoms with Crippen molar-refractivity contribution in [2.45, 2.75) is 6.54 Å². The number of nitrogens with one attached hydrogen (secondary N) is 2. The number of anilines is 2. The molecule has 2 N–H and O–H groups in total. The fourth-order valence-electron chi connectivity index (χ4n) is 3.59. The molecule has 0 spiro atoms. The van der Waals surface area contributed by atoms with E-state index in [1.54, 1.807) is 23.1 Å². The average molecular weight is 470 g/mol. The maximum atomic E-state index is 12.9. The van der Waals surface area contributed by atoms with Gasteiger partial charge >= 0.3 is 0 Å². The number of H-pyrrole nitrogens is 1. The molecule has 4 rings (SSSR count). The second-order valence-corrected chi connectivity index (χ2v) is 9.59. The van der Waals surface area contributed by atoms with Crippen LogP contribution < -0.4 is 9.62 Å². The van der Waals surface area contributed by atoms with Crippen molar-refractivity contribution in [2.24, 2.45) is 0 Å². The van der Waals surface area contributed by atoms with Gasteiger partial charge in [0.15, 0.2) is 0 Å². The van der Waals surface area contributed by atoms with Gasteiger partial charge in [-0.1, -0.05) is 6.07 Å². The highest BCUT2D eigenvalue weighted by Gasteiger charge is 2.22. The van der Waals surface area contributed by atoms with Gasteiger partial charge in [-0.15, -0.1) is 0 Å². The van der Waals surface area contributed by atoms with E-state index in [1.165, 1.54) is 19.4 Å². The van der Waals surface area contributed by atoms with Crippen LogP contribution in [0.15, 0.2) is 30.6 Å². The van der Waals surface area contributed by atoms with Crippen molar-refractivity contribution in [3.63, 3.8) is 0 Å². The van der Waals surface area contributed by atoms with Crippen molar-refractivity contribution in [3.8, 4) is 6.07 Å². The van der Waals surface area contributed by atoms with Crippen molar-refractivity contribution in [3.05, 3.63) is 47.4 Å². The Balaban J connectivity index is 1.66. The highest BCUT2D eigenvalue weighted by molar-refractivity contribution is 7.92. The average Bonchev–Trinajstić information content (AvgIpc) is 3.26. The summed E-state index contributed by atoms with van der Waals surface area (Å²) in [6.07, 6.45) is 4.05. The van der Waals surface area contributed by atoms with E-state index in [0.717, 1.165) is 10.6 Å². The topological polar surface area (TPSA) is 144 Å². The number of hydrogen-bond acceptors (Lipinski definition) is 8. The molecular weight excluding hydrogens is 446 g/mol. The summed E-state index contributed by atoms with van der Waals surface area (Å²) in [4.78, 5) is 26.1. The molecule has 1 amide bonds. The maximum absolute atomic E-state index is 12.9. The van der Waals surface area contributed by atoms with Crippen LogP contribution in [-0.4, -0.2) is 73.8 Å². The second-order valence-electron chi connectivity index (χ2n) is 7.58.